The Hall–Kier alpha value is -2.77. The summed E-state index contributed by atoms with van der Waals surface area (Å²) in [6.07, 6.45) is 2.59. The van der Waals surface area contributed by atoms with Gasteiger partial charge < -0.3 is 9.73 Å². The fourth-order valence-corrected chi connectivity index (χ4v) is 4.36. The maximum Gasteiger partial charge on any atom is 0.226 e. The SMILES string of the molecule is Cc1ccc(-c2nc(CCNC(=O)Cc3csc(-c4ccco4)n3)cs2)cc1. The topological polar surface area (TPSA) is 68.0 Å². The van der Waals surface area contributed by atoms with E-state index in [0.29, 0.717) is 13.0 Å². The van der Waals surface area contributed by atoms with Gasteiger partial charge in [0.15, 0.2) is 10.8 Å². The first-order chi connectivity index (χ1) is 13.7. The van der Waals surface area contributed by atoms with Gasteiger partial charge in [-0.1, -0.05) is 29.8 Å². The number of furan rings is 1. The highest BCUT2D eigenvalue weighted by atomic mass is 32.1. The van der Waals surface area contributed by atoms with Crippen LogP contribution < -0.4 is 5.32 Å². The van der Waals surface area contributed by atoms with Crippen molar-refractivity contribution < 1.29 is 9.21 Å². The highest BCUT2D eigenvalue weighted by molar-refractivity contribution is 7.13. The molecule has 3 heterocycles. The first-order valence-corrected chi connectivity index (χ1v) is 10.7. The second kappa shape index (κ2) is 8.50. The summed E-state index contributed by atoms with van der Waals surface area (Å²) >= 11 is 3.11. The lowest BCUT2D eigenvalue weighted by atomic mass is 10.2. The zero-order valence-corrected chi connectivity index (χ0v) is 17.0. The molecule has 0 aliphatic rings. The number of rotatable bonds is 7. The number of aromatic nitrogens is 2. The van der Waals surface area contributed by atoms with Crippen LogP contribution in [0.15, 0.2) is 57.8 Å². The molecule has 0 unspecified atom stereocenters. The van der Waals surface area contributed by atoms with E-state index < -0.39 is 0 Å². The molecule has 7 heteroatoms. The molecule has 1 N–H and O–H groups in total. The minimum Gasteiger partial charge on any atom is -0.462 e. The molecular weight excluding hydrogens is 390 g/mol. The summed E-state index contributed by atoms with van der Waals surface area (Å²) in [4.78, 5) is 21.3. The van der Waals surface area contributed by atoms with Crippen molar-refractivity contribution in [3.8, 4) is 21.3 Å². The zero-order chi connectivity index (χ0) is 19.3. The number of carbonyl (C=O) groups is 1. The number of nitrogens with zero attached hydrogens (tertiary/aromatic N) is 2. The van der Waals surface area contributed by atoms with Gasteiger partial charge in [-0.3, -0.25) is 4.79 Å². The number of hydrogen-bond acceptors (Lipinski definition) is 6. The van der Waals surface area contributed by atoms with Gasteiger partial charge in [-0.25, -0.2) is 9.97 Å². The molecule has 0 saturated heterocycles. The van der Waals surface area contributed by atoms with Gasteiger partial charge in [-0.15, -0.1) is 22.7 Å². The largest absolute Gasteiger partial charge is 0.462 e. The Kier molecular flexibility index (Phi) is 5.64. The molecule has 28 heavy (non-hydrogen) atoms. The first-order valence-electron chi connectivity index (χ1n) is 8.94. The molecule has 142 valence electrons. The van der Waals surface area contributed by atoms with Crippen molar-refractivity contribution in [3.63, 3.8) is 0 Å². The second-order valence-corrected chi connectivity index (χ2v) is 8.12. The summed E-state index contributed by atoms with van der Waals surface area (Å²) in [6.45, 7) is 2.63. The van der Waals surface area contributed by atoms with Gasteiger partial charge in [-0.05, 0) is 19.1 Å². The van der Waals surface area contributed by atoms with Crippen LogP contribution in [-0.4, -0.2) is 22.4 Å². The molecule has 0 bridgehead atoms. The number of hydrogen-bond donors (Lipinski definition) is 1. The highest BCUT2D eigenvalue weighted by Crippen LogP contribution is 2.25. The van der Waals surface area contributed by atoms with Crippen molar-refractivity contribution in [1.82, 2.24) is 15.3 Å². The Balaban J connectivity index is 1.26. The monoisotopic (exact) mass is 409 g/mol. The standard InChI is InChI=1S/C21H19N3O2S2/c1-14-4-6-15(7-5-14)20-23-16(12-27-20)8-9-22-19(25)11-17-13-28-21(24-17)18-3-2-10-26-18/h2-7,10,12-13H,8-9,11H2,1H3,(H,22,25). The van der Waals surface area contributed by atoms with E-state index in [2.05, 4.69) is 51.9 Å². The van der Waals surface area contributed by atoms with Crippen LogP contribution in [0.4, 0.5) is 0 Å². The Morgan fingerprint density at radius 1 is 1.04 bits per heavy atom. The van der Waals surface area contributed by atoms with E-state index in [9.17, 15) is 4.79 Å². The average Bonchev–Trinajstić information content (AvgIpc) is 3.44. The van der Waals surface area contributed by atoms with Crippen LogP contribution in [0, 0.1) is 6.92 Å². The lowest BCUT2D eigenvalue weighted by Gasteiger charge is -2.02. The normalized spacial score (nSPS) is 10.9. The summed E-state index contributed by atoms with van der Waals surface area (Å²) < 4.78 is 5.33. The van der Waals surface area contributed by atoms with E-state index in [1.165, 1.54) is 16.9 Å². The zero-order valence-electron chi connectivity index (χ0n) is 15.3. The molecule has 0 fully saturated rings. The van der Waals surface area contributed by atoms with Crippen LogP contribution in [0.5, 0.6) is 0 Å². The quantitative estimate of drug-likeness (QED) is 0.479. The number of benzene rings is 1. The third-order valence-corrected chi connectivity index (χ3v) is 6.02. The predicted octanol–water partition coefficient (Wildman–Crippen LogP) is 4.74. The molecule has 0 radical (unpaired) electrons. The molecule has 3 aromatic heterocycles. The number of amides is 1. The minimum absolute atomic E-state index is 0.0368. The number of thiazole rings is 2. The minimum atomic E-state index is -0.0368. The van der Waals surface area contributed by atoms with Crippen LogP contribution in [-0.2, 0) is 17.6 Å². The van der Waals surface area contributed by atoms with Crippen molar-refractivity contribution in [3.05, 3.63) is 70.4 Å². The Morgan fingerprint density at radius 3 is 2.57 bits per heavy atom. The third-order valence-electron chi connectivity index (χ3n) is 4.18. The molecule has 5 nitrogen and oxygen atoms in total. The van der Waals surface area contributed by atoms with E-state index in [4.69, 9.17) is 4.42 Å². The summed E-state index contributed by atoms with van der Waals surface area (Å²) in [5.74, 6) is 0.690. The van der Waals surface area contributed by atoms with Crippen molar-refractivity contribution in [1.29, 1.82) is 0 Å². The lowest BCUT2D eigenvalue weighted by molar-refractivity contribution is -0.120. The van der Waals surface area contributed by atoms with Gasteiger partial charge in [0.2, 0.25) is 5.91 Å². The van der Waals surface area contributed by atoms with Gasteiger partial charge in [0.1, 0.15) is 5.01 Å². The summed E-state index contributed by atoms with van der Waals surface area (Å²) in [5.41, 5.74) is 4.11. The Bertz CT molecular complexity index is 1050. The molecule has 0 aliphatic carbocycles. The van der Waals surface area contributed by atoms with Crippen LogP contribution in [0.3, 0.4) is 0 Å². The fraction of sp³-hybridized carbons (Fsp3) is 0.190. The summed E-state index contributed by atoms with van der Waals surface area (Å²) in [7, 11) is 0. The van der Waals surface area contributed by atoms with Crippen LogP contribution >= 0.6 is 22.7 Å². The Morgan fingerprint density at radius 2 is 1.79 bits per heavy atom. The molecule has 0 aliphatic heterocycles. The van der Waals surface area contributed by atoms with Crippen molar-refractivity contribution in [2.24, 2.45) is 0 Å². The van der Waals surface area contributed by atoms with Crippen LogP contribution in [0.25, 0.3) is 21.3 Å². The highest BCUT2D eigenvalue weighted by Gasteiger charge is 2.11. The van der Waals surface area contributed by atoms with Crippen LogP contribution in [0.1, 0.15) is 17.0 Å². The van der Waals surface area contributed by atoms with Gasteiger partial charge in [-0.2, -0.15) is 0 Å². The van der Waals surface area contributed by atoms with Gasteiger partial charge >= 0.3 is 0 Å². The lowest BCUT2D eigenvalue weighted by Crippen LogP contribution is -2.27. The van der Waals surface area contributed by atoms with Crippen molar-refractivity contribution in [2.45, 2.75) is 19.8 Å². The van der Waals surface area contributed by atoms with E-state index in [1.54, 1.807) is 17.6 Å². The van der Waals surface area contributed by atoms with E-state index >= 15 is 0 Å². The Labute approximate surface area is 171 Å². The molecular formula is C21H19N3O2S2. The van der Waals surface area contributed by atoms with Gasteiger partial charge in [0, 0.05) is 29.3 Å². The van der Waals surface area contributed by atoms with E-state index in [-0.39, 0.29) is 12.3 Å². The van der Waals surface area contributed by atoms with Crippen LogP contribution in [0.2, 0.25) is 0 Å². The number of nitrogens with one attached hydrogen (secondary N) is 1. The second-order valence-electron chi connectivity index (χ2n) is 6.41. The van der Waals surface area contributed by atoms with Gasteiger partial charge in [0.25, 0.3) is 0 Å². The molecule has 0 spiro atoms. The van der Waals surface area contributed by atoms with Crippen molar-refractivity contribution in [2.75, 3.05) is 6.54 Å². The molecule has 0 atom stereocenters. The number of carbonyl (C=O) groups excluding carboxylic acids is 1. The van der Waals surface area contributed by atoms with E-state index in [0.717, 1.165) is 32.7 Å². The number of aryl methyl sites for hydroxylation is 1. The smallest absolute Gasteiger partial charge is 0.226 e. The molecule has 4 aromatic rings. The van der Waals surface area contributed by atoms with E-state index in [1.807, 2.05) is 17.5 Å². The molecule has 1 aromatic carbocycles. The molecule has 1 amide bonds. The third kappa shape index (κ3) is 4.55. The van der Waals surface area contributed by atoms with Crippen molar-refractivity contribution >= 4 is 28.6 Å². The molecule has 0 saturated carbocycles. The maximum absolute atomic E-state index is 12.2. The first kappa shape index (κ1) is 18.6. The predicted molar refractivity (Wildman–Crippen MR) is 113 cm³/mol. The average molecular weight is 410 g/mol. The molecule has 4 rings (SSSR count). The van der Waals surface area contributed by atoms with Gasteiger partial charge in [0.05, 0.1) is 24.1 Å². The fourth-order valence-electron chi connectivity index (χ4n) is 2.71. The summed E-state index contributed by atoms with van der Waals surface area (Å²) in [6, 6.07) is 12.0. The summed E-state index contributed by atoms with van der Waals surface area (Å²) in [5, 5.41) is 8.69. The maximum atomic E-state index is 12.2.